The van der Waals surface area contributed by atoms with Gasteiger partial charge in [-0.3, -0.25) is 9.69 Å². The molecule has 1 fully saturated rings. The van der Waals surface area contributed by atoms with Crippen LogP contribution in [0.2, 0.25) is 0 Å². The number of nitrogens with zero attached hydrogens (tertiary/aromatic N) is 1. The van der Waals surface area contributed by atoms with E-state index in [4.69, 9.17) is 4.42 Å². The molecular weight excluding hydrogens is 300 g/mol. The lowest BCUT2D eigenvalue weighted by Crippen LogP contribution is -2.38. The summed E-state index contributed by atoms with van der Waals surface area (Å²) >= 11 is 0. The predicted molar refractivity (Wildman–Crippen MR) is 95.0 cm³/mol. The van der Waals surface area contributed by atoms with Gasteiger partial charge in [-0.05, 0) is 50.6 Å². The number of furan rings is 1. The number of amides is 1. The van der Waals surface area contributed by atoms with Gasteiger partial charge in [0.25, 0.3) is 5.91 Å². The highest BCUT2D eigenvalue weighted by Gasteiger charge is 2.22. The lowest BCUT2D eigenvalue weighted by molar-refractivity contribution is 0.0905. The van der Waals surface area contributed by atoms with Gasteiger partial charge in [-0.1, -0.05) is 42.7 Å². The fourth-order valence-corrected chi connectivity index (χ4v) is 3.34. The molecule has 1 saturated heterocycles. The van der Waals surface area contributed by atoms with E-state index >= 15 is 0 Å². The molecular formula is C20H26N2O2. The van der Waals surface area contributed by atoms with Gasteiger partial charge in [-0.2, -0.15) is 0 Å². The number of nitrogens with one attached hydrogen (secondary N) is 1. The van der Waals surface area contributed by atoms with Gasteiger partial charge in [-0.15, -0.1) is 0 Å². The summed E-state index contributed by atoms with van der Waals surface area (Å²) in [4.78, 5) is 14.7. The molecule has 1 amide bonds. The summed E-state index contributed by atoms with van der Waals surface area (Å²) in [6, 6.07) is 12.3. The molecule has 4 nitrogen and oxygen atoms in total. The van der Waals surface area contributed by atoms with Crippen molar-refractivity contribution in [3.05, 3.63) is 59.5 Å². The molecule has 1 N–H and O–H groups in total. The first kappa shape index (κ1) is 16.8. The largest absolute Gasteiger partial charge is 0.459 e. The number of hydrogen-bond donors (Lipinski definition) is 1. The Morgan fingerprint density at radius 2 is 1.83 bits per heavy atom. The van der Waals surface area contributed by atoms with Crippen molar-refractivity contribution in [1.29, 1.82) is 0 Å². The topological polar surface area (TPSA) is 45.5 Å². The zero-order valence-electron chi connectivity index (χ0n) is 14.3. The summed E-state index contributed by atoms with van der Waals surface area (Å²) in [6.07, 6.45) is 6.59. The monoisotopic (exact) mass is 326 g/mol. The molecule has 0 bridgehead atoms. The van der Waals surface area contributed by atoms with E-state index in [0.29, 0.717) is 12.3 Å². The summed E-state index contributed by atoms with van der Waals surface area (Å²) < 4.78 is 5.19. The molecule has 1 aliphatic heterocycles. The van der Waals surface area contributed by atoms with E-state index in [9.17, 15) is 4.79 Å². The van der Waals surface area contributed by atoms with Gasteiger partial charge in [0.2, 0.25) is 0 Å². The maximum absolute atomic E-state index is 12.2. The van der Waals surface area contributed by atoms with Crippen molar-refractivity contribution in [2.24, 2.45) is 0 Å². The van der Waals surface area contributed by atoms with Crippen molar-refractivity contribution < 1.29 is 9.21 Å². The normalized spacial score (nSPS) is 17.2. The molecule has 24 heavy (non-hydrogen) atoms. The Hall–Kier alpha value is -2.07. The quantitative estimate of drug-likeness (QED) is 0.905. The van der Waals surface area contributed by atoms with Crippen molar-refractivity contribution in [2.75, 3.05) is 19.6 Å². The maximum Gasteiger partial charge on any atom is 0.287 e. The minimum atomic E-state index is -0.146. The standard InChI is InChI=1S/C20H26N2O2/c1-16-8-10-17(11-9-16)18(22-12-4-2-3-5-13-22)15-21-20(23)19-7-6-14-24-19/h6-11,14,18H,2-5,12-13,15H2,1H3,(H,21,23). The van der Waals surface area contributed by atoms with E-state index in [-0.39, 0.29) is 11.9 Å². The van der Waals surface area contributed by atoms with Gasteiger partial charge in [0.15, 0.2) is 5.76 Å². The van der Waals surface area contributed by atoms with Crippen molar-refractivity contribution in [3.8, 4) is 0 Å². The molecule has 128 valence electrons. The molecule has 1 unspecified atom stereocenters. The lowest BCUT2D eigenvalue weighted by atomic mass is 10.0. The zero-order chi connectivity index (χ0) is 16.8. The second-order valence-corrected chi connectivity index (χ2v) is 6.56. The second kappa shape index (κ2) is 8.15. The van der Waals surface area contributed by atoms with Crippen LogP contribution in [-0.2, 0) is 0 Å². The van der Waals surface area contributed by atoms with Gasteiger partial charge >= 0.3 is 0 Å². The number of benzene rings is 1. The van der Waals surface area contributed by atoms with Crippen molar-refractivity contribution in [3.63, 3.8) is 0 Å². The SMILES string of the molecule is Cc1ccc(C(CNC(=O)c2ccco2)N2CCCCCC2)cc1. The molecule has 4 heteroatoms. The molecule has 3 rings (SSSR count). The third kappa shape index (κ3) is 4.26. The molecule has 0 aliphatic carbocycles. The molecule has 0 saturated carbocycles. The number of rotatable bonds is 5. The minimum Gasteiger partial charge on any atom is -0.459 e. The maximum atomic E-state index is 12.2. The Balaban J connectivity index is 1.73. The Morgan fingerprint density at radius 1 is 1.12 bits per heavy atom. The van der Waals surface area contributed by atoms with Crippen LogP contribution in [0, 0.1) is 6.92 Å². The molecule has 2 aromatic rings. The number of carbonyl (C=O) groups is 1. The van der Waals surface area contributed by atoms with Gasteiger partial charge in [0.1, 0.15) is 0 Å². The van der Waals surface area contributed by atoms with Crippen LogP contribution in [0.15, 0.2) is 47.1 Å². The molecule has 1 aromatic carbocycles. The van der Waals surface area contributed by atoms with E-state index < -0.39 is 0 Å². The van der Waals surface area contributed by atoms with Crippen LogP contribution in [0.4, 0.5) is 0 Å². The van der Waals surface area contributed by atoms with Crippen molar-refractivity contribution in [1.82, 2.24) is 10.2 Å². The molecule has 2 heterocycles. The van der Waals surface area contributed by atoms with E-state index in [0.717, 1.165) is 13.1 Å². The number of hydrogen-bond acceptors (Lipinski definition) is 3. The first-order valence-electron chi connectivity index (χ1n) is 8.86. The number of likely N-dealkylation sites (tertiary alicyclic amines) is 1. The molecule has 1 aromatic heterocycles. The zero-order valence-corrected chi connectivity index (χ0v) is 14.3. The van der Waals surface area contributed by atoms with Gasteiger partial charge in [0, 0.05) is 6.54 Å². The van der Waals surface area contributed by atoms with Crippen LogP contribution < -0.4 is 5.32 Å². The summed E-state index contributed by atoms with van der Waals surface area (Å²) in [5.74, 6) is 0.223. The van der Waals surface area contributed by atoms with E-state index in [1.165, 1.54) is 43.1 Å². The Labute approximate surface area is 143 Å². The first-order valence-corrected chi connectivity index (χ1v) is 8.86. The molecule has 0 spiro atoms. The van der Waals surface area contributed by atoms with E-state index in [1.807, 2.05) is 0 Å². The number of carbonyl (C=O) groups excluding carboxylic acids is 1. The molecule has 1 aliphatic rings. The van der Waals surface area contributed by atoms with Crippen LogP contribution in [0.25, 0.3) is 0 Å². The highest BCUT2D eigenvalue weighted by molar-refractivity contribution is 5.91. The third-order valence-corrected chi connectivity index (χ3v) is 4.74. The summed E-state index contributed by atoms with van der Waals surface area (Å²) in [7, 11) is 0. The Bertz CT molecular complexity index is 626. The van der Waals surface area contributed by atoms with Gasteiger partial charge in [0.05, 0.1) is 12.3 Å². The van der Waals surface area contributed by atoms with Gasteiger partial charge in [-0.25, -0.2) is 0 Å². The van der Waals surface area contributed by atoms with Gasteiger partial charge < -0.3 is 9.73 Å². The number of aryl methyl sites for hydroxylation is 1. The van der Waals surface area contributed by atoms with Crippen LogP contribution in [0.3, 0.4) is 0 Å². The highest BCUT2D eigenvalue weighted by Crippen LogP contribution is 2.24. The highest BCUT2D eigenvalue weighted by atomic mass is 16.3. The van der Waals surface area contributed by atoms with Crippen LogP contribution in [0.5, 0.6) is 0 Å². The van der Waals surface area contributed by atoms with E-state index in [2.05, 4.69) is 41.4 Å². The van der Waals surface area contributed by atoms with Crippen LogP contribution in [0.1, 0.15) is 53.4 Å². The fourth-order valence-electron chi connectivity index (χ4n) is 3.34. The average Bonchev–Trinajstić information content (AvgIpc) is 3.01. The molecule has 1 atom stereocenters. The van der Waals surface area contributed by atoms with E-state index in [1.54, 1.807) is 12.1 Å². The average molecular weight is 326 g/mol. The fraction of sp³-hybridized carbons (Fsp3) is 0.450. The lowest BCUT2D eigenvalue weighted by Gasteiger charge is -2.31. The minimum absolute atomic E-state index is 0.146. The summed E-state index contributed by atoms with van der Waals surface area (Å²) in [6.45, 7) is 4.89. The third-order valence-electron chi connectivity index (χ3n) is 4.74. The Morgan fingerprint density at radius 3 is 2.46 bits per heavy atom. The summed E-state index contributed by atoms with van der Waals surface area (Å²) in [5, 5.41) is 3.04. The Kier molecular flexibility index (Phi) is 5.70. The van der Waals surface area contributed by atoms with Crippen molar-refractivity contribution >= 4 is 5.91 Å². The van der Waals surface area contributed by atoms with Crippen LogP contribution >= 0.6 is 0 Å². The summed E-state index contributed by atoms with van der Waals surface area (Å²) in [5.41, 5.74) is 2.52. The predicted octanol–water partition coefficient (Wildman–Crippen LogP) is 3.94. The smallest absolute Gasteiger partial charge is 0.287 e. The van der Waals surface area contributed by atoms with Crippen molar-refractivity contribution in [2.45, 2.75) is 38.6 Å². The first-order chi connectivity index (χ1) is 11.7. The van der Waals surface area contributed by atoms with Crippen LogP contribution in [-0.4, -0.2) is 30.4 Å². The molecule has 0 radical (unpaired) electrons. The second-order valence-electron chi connectivity index (χ2n) is 6.56.